The first-order chi connectivity index (χ1) is 9.19. The summed E-state index contributed by atoms with van der Waals surface area (Å²) in [5.41, 5.74) is 8.93. The standard InChI is InChI=1S/C14H16N4O/c1-2-9-5-18(7-12(9)19)6-10-3-4-11-13(10)16-8-17-14(11)15/h1,3,8-9,12,19H,4-7H2,(H2,15,16,17)/t9?,12-/m0/s1. The second kappa shape index (κ2) is 4.65. The minimum atomic E-state index is -0.429. The molecule has 0 bridgehead atoms. The van der Waals surface area contributed by atoms with E-state index >= 15 is 0 Å². The summed E-state index contributed by atoms with van der Waals surface area (Å²) >= 11 is 0. The highest BCUT2D eigenvalue weighted by Crippen LogP contribution is 2.30. The van der Waals surface area contributed by atoms with Gasteiger partial charge in [-0.1, -0.05) is 12.0 Å². The quantitative estimate of drug-likeness (QED) is 0.724. The van der Waals surface area contributed by atoms with Gasteiger partial charge in [0.1, 0.15) is 12.1 Å². The van der Waals surface area contributed by atoms with Crippen LogP contribution in [0.25, 0.3) is 5.57 Å². The number of aliphatic hydroxyl groups is 1. The Labute approximate surface area is 112 Å². The molecular formula is C14H16N4O. The summed E-state index contributed by atoms with van der Waals surface area (Å²) < 4.78 is 0. The van der Waals surface area contributed by atoms with Crippen LogP contribution in [0.15, 0.2) is 12.4 Å². The highest BCUT2D eigenvalue weighted by atomic mass is 16.3. The van der Waals surface area contributed by atoms with E-state index in [1.54, 1.807) is 0 Å². The Morgan fingerprint density at radius 1 is 1.47 bits per heavy atom. The maximum absolute atomic E-state index is 9.82. The SMILES string of the molecule is C#CC1CN(CC2=CCc3c(N)ncnc32)C[C@@H]1O. The summed E-state index contributed by atoms with van der Waals surface area (Å²) in [5, 5.41) is 9.82. The van der Waals surface area contributed by atoms with Gasteiger partial charge in [0.05, 0.1) is 17.7 Å². The van der Waals surface area contributed by atoms with Crippen LogP contribution in [0.5, 0.6) is 0 Å². The highest BCUT2D eigenvalue weighted by molar-refractivity contribution is 5.74. The van der Waals surface area contributed by atoms with Crippen molar-refractivity contribution in [1.82, 2.24) is 14.9 Å². The number of hydrogen-bond acceptors (Lipinski definition) is 5. The molecule has 2 aliphatic rings. The van der Waals surface area contributed by atoms with Crippen LogP contribution >= 0.6 is 0 Å². The average molecular weight is 256 g/mol. The summed E-state index contributed by atoms with van der Waals surface area (Å²) in [7, 11) is 0. The Bertz CT molecular complexity index is 575. The molecule has 5 heteroatoms. The zero-order chi connectivity index (χ0) is 13.4. The van der Waals surface area contributed by atoms with Crippen molar-refractivity contribution in [2.75, 3.05) is 25.4 Å². The van der Waals surface area contributed by atoms with Gasteiger partial charge in [-0.05, 0) is 12.0 Å². The number of nitrogens with two attached hydrogens (primary N) is 1. The fraction of sp³-hybridized carbons (Fsp3) is 0.429. The molecule has 0 radical (unpaired) electrons. The number of β-amino-alcohol motifs (C(OH)–C–C–N with tert-alkyl or cyclic N) is 1. The van der Waals surface area contributed by atoms with Crippen LogP contribution in [0, 0.1) is 18.3 Å². The number of hydrogen-bond donors (Lipinski definition) is 2. The van der Waals surface area contributed by atoms with Crippen molar-refractivity contribution in [2.45, 2.75) is 12.5 Å². The van der Waals surface area contributed by atoms with Crippen LogP contribution in [0.2, 0.25) is 0 Å². The van der Waals surface area contributed by atoms with E-state index in [9.17, 15) is 5.11 Å². The lowest BCUT2D eigenvalue weighted by Crippen LogP contribution is -2.24. The van der Waals surface area contributed by atoms with Gasteiger partial charge in [0.2, 0.25) is 0 Å². The maximum Gasteiger partial charge on any atom is 0.130 e. The molecule has 1 aromatic heterocycles. The molecule has 3 N–H and O–H groups in total. The van der Waals surface area contributed by atoms with Gasteiger partial charge >= 0.3 is 0 Å². The van der Waals surface area contributed by atoms with Crippen molar-refractivity contribution in [3.63, 3.8) is 0 Å². The predicted molar refractivity (Wildman–Crippen MR) is 72.9 cm³/mol. The summed E-state index contributed by atoms with van der Waals surface area (Å²) in [6.45, 7) is 2.09. The van der Waals surface area contributed by atoms with Crippen LogP contribution in [-0.4, -0.2) is 45.7 Å². The largest absolute Gasteiger partial charge is 0.390 e. The molecule has 5 nitrogen and oxygen atoms in total. The average Bonchev–Trinajstić information content (AvgIpc) is 2.95. The molecule has 0 saturated carbocycles. The van der Waals surface area contributed by atoms with Crippen molar-refractivity contribution >= 4 is 11.4 Å². The third-order valence-corrected chi connectivity index (χ3v) is 3.81. The number of rotatable bonds is 2. The molecule has 1 aromatic rings. The zero-order valence-electron chi connectivity index (χ0n) is 10.6. The molecule has 0 spiro atoms. The van der Waals surface area contributed by atoms with E-state index in [1.807, 2.05) is 0 Å². The molecule has 1 saturated heterocycles. The molecule has 2 heterocycles. The number of terminal acetylenes is 1. The van der Waals surface area contributed by atoms with E-state index in [1.165, 1.54) is 6.33 Å². The lowest BCUT2D eigenvalue weighted by molar-refractivity contribution is 0.161. The Morgan fingerprint density at radius 3 is 3.05 bits per heavy atom. The molecule has 19 heavy (non-hydrogen) atoms. The summed E-state index contributed by atoms with van der Waals surface area (Å²) in [5.74, 6) is 3.12. The summed E-state index contributed by atoms with van der Waals surface area (Å²) in [6, 6.07) is 0. The van der Waals surface area contributed by atoms with Crippen LogP contribution in [0.4, 0.5) is 5.82 Å². The fourth-order valence-corrected chi connectivity index (χ4v) is 2.77. The number of anilines is 1. The van der Waals surface area contributed by atoms with Crippen molar-refractivity contribution < 1.29 is 5.11 Å². The number of aromatic nitrogens is 2. The lowest BCUT2D eigenvalue weighted by Gasteiger charge is -2.16. The number of aliphatic hydroxyl groups excluding tert-OH is 1. The monoisotopic (exact) mass is 256 g/mol. The minimum absolute atomic E-state index is 0.0723. The van der Waals surface area contributed by atoms with Crippen LogP contribution < -0.4 is 5.73 Å². The molecule has 1 fully saturated rings. The van der Waals surface area contributed by atoms with Gasteiger partial charge in [-0.3, -0.25) is 4.90 Å². The zero-order valence-corrected chi connectivity index (χ0v) is 10.6. The van der Waals surface area contributed by atoms with E-state index in [0.717, 1.165) is 36.3 Å². The number of likely N-dealkylation sites (tertiary alicyclic amines) is 1. The maximum atomic E-state index is 9.82. The number of allylic oxidation sites excluding steroid dienone is 1. The molecule has 0 aromatic carbocycles. The molecule has 1 aliphatic heterocycles. The molecule has 1 unspecified atom stereocenters. The highest BCUT2D eigenvalue weighted by Gasteiger charge is 2.31. The number of nitrogens with zero attached hydrogens (tertiary/aromatic N) is 3. The third kappa shape index (κ3) is 2.09. The molecule has 0 amide bonds. The van der Waals surface area contributed by atoms with Crippen LogP contribution in [0.1, 0.15) is 11.3 Å². The molecule has 1 aliphatic carbocycles. The number of fused-ring (bicyclic) bond motifs is 1. The summed E-state index contributed by atoms with van der Waals surface area (Å²) in [4.78, 5) is 10.5. The topological polar surface area (TPSA) is 75.3 Å². The van der Waals surface area contributed by atoms with E-state index in [0.29, 0.717) is 12.4 Å². The fourth-order valence-electron chi connectivity index (χ4n) is 2.77. The molecular weight excluding hydrogens is 240 g/mol. The first kappa shape index (κ1) is 12.2. The van der Waals surface area contributed by atoms with Gasteiger partial charge in [-0.15, -0.1) is 6.42 Å². The Hall–Kier alpha value is -1.90. The lowest BCUT2D eigenvalue weighted by atomic mass is 10.1. The van der Waals surface area contributed by atoms with Gasteiger partial charge in [-0.2, -0.15) is 0 Å². The molecule has 2 atom stereocenters. The Kier molecular flexibility index (Phi) is 2.97. The normalized spacial score (nSPS) is 26.0. The van der Waals surface area contributed by atoms with E-state index in [-0.39, 0.29) is 5.92 Å². The van der Waals surface area contributed by atoms with E-state index < -0.39 is 6.10 Å². The van der Waals surface area contributed by atoms with Crippen molar-refractivity contribution in [3.8, 4) is 12.3 Å². The molecule has 3 rings (SSSR count). The Morgan fingerprint density at radius 2 is 2.32 bits per heavy atom. The van der Waals surface area contributed by atoms with Crippen molar-refractivity contribution in [3.05, 3.63) is 23.7 Å². The van der Waals surface area contributed by atoms with Gasteiger partial charge in [0.15, 0.2) is 0 Å². The second-order valence-corrected chi connectivity index (χ2v) is 5.05. The van der Waals surface area contributed by atoms with Crippen molar-refractivity contribution in [1.29, 1.82) is 0 Å². The van der Waals surface area contributed by atoms with Crippen molar-refractivity contribution in [2.24, 2.45) is 5.92 Å². The van der Waals surface area contributed by atoms with E-state index in [4.69, 9.17) is 12.2 Å². The van der Waals surface area contributed by atoms with Crippen LogP contribution in [-0.2, 0) is 6.42 Å². The Balaban J connectivity index is 1.74. The van der Waals surface area contributed by atoms with Gasteiger partial charge < -0.3 is 10.8 Å². The van der Waals surface area contributed by atoms with Gasteiger partial charge in [0.25, 0.3) is 0 Å². The summed E-state index contributed by atoms with van der Waals surface area (Å²) in [6.07, 6.45) is 9.38. The number of nitrogen functional groups attached to an aromatic ring is 1. The first-order valence-corrected chi connectivity index (χ1v) is 6.34. The minimum Gasteiger partial charge on any atom is -0.390 e. The first-order valence-electron chi connectivity index (χ1n) is 6.34. The second-order valence-electron chi connectivity index (χ2n) is 5.05. The van der Waals surface area contributed by atoms with Gasteiger partial charge in [-0.25, -0.2) is 9.97 Å². The van der Waals surface area contributed by atoms with Crippen LogP contribution in [0.3, 0.4) is 0 Å². The third-order valence-electron chi connectivity index (χ3n) is 3.81. The van der Waals surface area contributed by atoms with E-state index in [2.05, 4.69) is 26.9 Å². The molecule has 98 valence electrons. The predicted octanol–water partition coefficient (Wildman–Crippen LogP) is -0.0758. The smallest absolute Gasteiger partial charge is 0.130 e. The van der Waals surface area contributed by atoms with Gasteiger partial charge in [0, 0.05) is 25.2 Å².